The van der Waals surface area contributed by atoms with Gasteiger partial charge in [0.2, 0.25) is 0 Å². The van der Waals surface area contributed by atoms with E-state index in [4.69, 9.17) is 18.9 Å². The van der Waals surface area contributed by atoms with Crippen LogP contribution in [0.15, 0.2) is 30.0 Å². The second kappa shape index (κ2) is 7.33. The molecule has 26 heavy (non-hydrogen) atoms. The minimum Gasteiger partial charge on any atom is -0.486 e. The number of carbonyl (C=O) groups excluding carboxylic acids is 2. The van der Waals surface area contributed by atoms with E-state index in [1.54, 1.807) is 6.07 Å². The molecule has 1 aromatic rings. The predicted molar refractivity (Wildman–Crippen MR) is 88.8 cm³/mol. The van der Waals surface area contributed by atoms with Gasteiger partial charge in [-0.3, -0.25) is 0 Å². The molecule has 2 aliphatic rings. The summed E-state index contributed by atoms with van der Waals surface area (Å²) < 4.78 is 35.1. The average molecular weight is 365 g/mol. The minimum absolute atomic E-state index is 0.0160. The van der Waals surface area contributed by atoms with Crippen LogP contribution in [0.3, 0.4) is 0 Å². The van der Waals surface area contributed by atoms with Crippen LogP contribution in [0.5, 0.6) is 5.75 Å². The van der Waals surface area contributed by atoms with Crippen molar-refractivity contribution in [2.45, 2.75) is 38.6 Å². The molecule has 0 saturated carbocycles. The number of ether oxygens (including phenoxy) is 4. The second-order valence-corrected chi connectivity index (χ2v) is 6.44. The van der Waals surface area contributed by atoms with Gasteiger partial charge in [-0.2, -0.15) is 0 Å². The molecule has 1 N–H and O–H groups in total. The highest BCUT2D eigenvalue weighted by Gasteiger charge is 2.39. The lowest BCUT2D eigenvalue weighted by atomic mass is 10.2. The maximum Gasteiger partial charge on any atom is 0.350 e. The molecule has 2 heterocycles. The summed E-state index contributed by atoms with van der Waals surface area (Å²) in [6.45, 7) is 3.79. The van der Waals surface area contributed by atoms with Crippen molar-refractivity contribution in [1.82, 2.24) is 0 Å². The molecular weight excluding hydrogens is 345 g/mol. The third-order valence-corrected chi connectivity index (χ3v) is 3.89. The van der Waals surface area contributed by atoms with E-state index in [2.05, 4.69) is 5.32 Å². The van der Waals surface area contributed by atoms with Crippen molar-refractivity contribution in [3.63, 3.8) is 0 Å². The van der Waals surface area contributed by atoms with Gasteiger partial charge in [0, 0.05) is 26.7 Å². The van der Waals surface area contributed by atoms with E-state index in [0.29, 0.717) is 6.61 Å². The number of hydrogen-bond donors (Lipinski definition) is 1. The van der Waals surface area contributed by atoms with Crippen LogP contribution in [-0.2, 0) is 23.8 Å². The molecule has 0 radical (unpaired) electrons. The fourth-order valence-electron chi connectivity index (χ4n) is 2.65. The number of cyclic esters (lactones) is 2. The van der Waals surface area contributed by atoms with Crippen molar-refractivity contribution in [1.29, 1.82) is 0 Å². The van der Waals surface area contributed by atoms with E-state index in [-0.39, 0.29) is 29.7 Å². The Labute approximate surface area is 150 Å². The lowest BCUT2D eigenvalue weighted by Crippen LogP contribution is -2.42. The molecule has 2 saturated heterocycles. The highest BCUT2D eigenvalue weighted by molar-refractivity contribution is 6.15. The van der Waals surface area contributed by atoms with Gasteiger partial charge in [-0.25, -0.2) is 14.0 Å². The first-order valence-corrected chi connectivity index (χ1v) is 8.32. The smallest absolute Gasteiger partial charge is 0.350 e. The zero-order chi connectivity index (χ0) is 18.7. The Kier molecular flexibility index (Phi) is 5.13. The molecule has 0 bridgehead atoms. The summed E-state index contributed by atoms with van der Waals surface area (Å²) in [5, 5.41) is 2.72. The summed E-state index contributed by atoms with van der Waals surface area (Å²) in [4.78, 5) is 23.9. The zero-order valence-corrected chi connectivity index (χ0v) is 14.5. The normalized spacial score (nSPS) is 21.8. The number of esters is 2. The van der Waals surface area contributed by atoms with Gasteiger partial charge in [-0.05, 0) is 25.0 Å². The minimum atomic E-state index is -1.32. The summed E-state index contributed by atoms with van der Waals surface area (Å²) in [6, 6.07) is 4.30. The Balaban J connectivity index is 1.74. The van der Waals surface area contributed by atoms with Gasteiger partial charge in [0.1, 0.15) is 6.61 Å². The number of halogens is 1. The Morgan fingerprint density at radius 1 is 1.31 bits per heavy atom. The number of nitrogens with one attached hydrogen (secondary N) is 1. The van der Waals surface area contributed by atoms with E-state index < -0.39 is 23.5 Å². The fraction of sp³-hybridized carbons (Fsp3) is 0.444. The van der Waals surface area contributed by atoms with Crippen LogP contribution in [0.25, 0.3) is 0 Å². The standard InChI is InChI=1S/C18H20FNO6/c1-18(2)25-16(21)12(17(22)26-18)9-20-14-7-3-6-13(19)15(14)24-10-11-5-4-8-23-11/h3,6-7,9,11,20H,4-5,8,10H2,1-2H3. The highest BCUT2D eigenvalue weighted by Crippen LogP contribution is 2.30. The van der Waals surface area contributed by atoms with Gasteiger partial charge >= 0.3 is 11.9 Å². The molecule has 1 aromatic carbocycles. The van der Waals surface area contributed by atoms with E-state index in [1.165, 1.54) is 26.0 Å². The molecule has 0 amide bonds. The van der Waals surface area contributed by atoms with Crippen LogP contribution in [0, 0.1) is 5.82 Å². The molecule has 3 rings (SSSR count). The predicted octanol–water partition coefficient (Wildman–Crippen LogP) is 2.52. The van der Waals surface area contributed by atoms with Crippen LogP contribution in [0.2, 0.25) is 0 Å². The van der Waals surface area contributed by atoms with Crippen LogP contribution in [0.1, 0.15) is 26.7 Å². The highest BCUT2D eigenvalue weighted by atomic mass is 19.1. The van der Waals surface area contributed by atoms with Crippen molar-refractivity contribution in [3.05, 3.63) is 35.8 Å². The fourth-order valence-corrected chi connectivity index (χ4v) is 2.65. The zero-order valence-electron chi connectivity index (χ0n) is 14.5. The first-order chi connectivity index (χ1) is 12.4. The maximum atomic E-state index is 14.1. The third kappa shape index (κ3) is 4.13. The monoisotopic (exact) mass is 365 g/mol. The van der Waals surface area contributed by atoms with Gasteiger partial charge in [-0.15, -0.1) is 0 Å². The third-order valence-electron chi connectivity index (χ3n) is 3.89. The van der Waals surface area contributed by atoms with Crippen molar-refractivity contribution >= 4 is 17.6 Å². The van der Waals surface area contributed by atoms with Crippen molar-refractivity contribution in [2.24, 2.45) is 0 Å². The van der Waals surface area contributed by atoms with Gasteiger partial charge in [0.25, 0.3) is 5.79 Å². The molecule has 140 valence electrons. The first kappa shape index (κ1) is 18.2. The largest absolute Gasteiger partial charge is 0.486 e. The molecule has 2 aliphatic heterocycles. The van der Waals surface area contributed by atoms with Gasteiger partial charge in [0.15, 0.2) is 17.1 Å². The SMILES string of the molecule is CC1(C)OC(=O)C(=CNc2cccc(F)c2OCC2CCCO2)C(=O)O1. The van der Waals surface area contributed by atoms with Gasteiger partial charge < -0.3 is 24.3 Å². The Bertz CT molecular complexity index is 717. The quantitative estimate of drug-likeness (QED) is 0.488. The lowest BCUT2D eigenvalue weighted by Gasteiger charge is -2.29. The van der Waals surface area contributed by atoms with Crippen molar-refractivity contribution < 1.29 is 32.9 Å². The first-order valence-electron chi connectivity index (χ1n) is 8.32. The van der Waals surface area contributed by atoms with E-state index in [9.17, 15) is 14.0 Å². The summed E-state index contributed by atoms with van der Waals surface area (Å²) in [7, 11) is 0. The van der Waals surface area contributed by atoms with Crippen LogP contribution in [0.4, 0.5) is 10.1 Å². The average Bonchev–Trinajstić information content (AvgIpc) is 3.05. The number of hydrogen-bond acceptors (Lipinski definition) is 7. The van der Waals surface area contributed by atoms with Gasteiger partial charge in [-0.1, -0.05) is 6.07 Å². The Hall–Kier alpha value is -2.61. The molecule has 1 unspecified atom stereocenters. The molecule has 8 heteroatoms. The van der Waals surface area contributed by atoms with Crippen molar-refractivity contribution in [2.75, 3.05) is 18.5 Å². The number of para-hydroxylation sites is 1. The van der Waals surface area contributed by atoms with Gasteiger partial charge in [0.05, 0.1) is 11.8 Å². The number of anilines is 1. The summed E-state index contributed by atoms with van der Waals surface area (Å²) in [5.41, 5.74) is -0.0559. The summed E-state index contributed by atoms with van der Waals surface area (Å²) in [5.74, 6) is -3.55. The Morgan fingerprint density at radius 3 is 2.69 bits per heavy atom. The van der Waals surface area contributed by atoms with E-state index in [1.807, 2.05) is 0 Å². The topological polar surface area (TPSA) is 83.1 Å². The molecule has 0 aliphatic carbocycles. The van der Waals surface area contributed by atoms with Crippen LogP contribution >= 0.6 is 0 Å². The number of benzene rings is 1. The van der Waals surface area contributed by atoms with Crippen molar-refractivity contribution in [3.8, 4) is 5.75 Å². The summed E-state index contributed by atoms with van der Waals surface area (Å²) >= 11 is 0. The second-order valence-electron chi connectivity index (χ2n) is 6.44. The molecule has 0 spiro atoms. The molecule has 7 nitrogen and oxygen atoms in total. The van der Waals surface area contributed by atoms with E-state index >= 15 is 0 Å². The molecule has 1 atom stereocenters. The van der Waals surface area contributed by atoms with E-state index in [0.717, 1.165) is 19.0 Å². The Morgan fingerprint density at radius 2 is 2.04 bits per heavy atom. The number of carbonyl (C=O) groups is 2. The van der Waals surface area contributed by atoms with Crippen LogP contribution < -0.4 is 10.1 Å². The molecular formula is C18H20FNO6. The maximum absolute atomic E-state index is 14.1. The molecule has 0 aromatic heterocycles. The molecule has 2 fully saturated rings. The van der Waals surface area contributed by atoms with Crippen LogP contribution in [-0.4, -0.2) is 37.0 Å². The number of rotatable bonds is 5. The lowest BCUT2D eigenvalue weighted by molar-refractivity contribution is -0.222. The summed E-state index contributed by atoms with van der Waals surface area (Å²) in [6.07, 6.45) is 2.84.